The predicted molar refractivity (Wildman–Crippen MR) is 78.6 cm³/mol. The zero-order chi connectivity index (χ0) is 17.1. The smallest absolute Gasteiger partial charge is 0.300 e. The lowest BCUT2D eigenvalue weighted by Gasteiger charge is -2.19. The molecule has 22 heavy (non-hydrogen) atoms. The van der Waals surface area contributed by atoms with Crippen LogP contribution in [0.4, 0.5) is 8.78 Å². The second kappa shape index (κ2) is 7.17. The highest BCUT2D eigenvalue weighted by Crippen LogP contribution is 2.48. The van der Waals surface area contributed by atoms with Crippen molar-refractivity contribution in [1.82, 2.24) is 0 Å². The summed E-state index contributed by atoms with van der Waals surface area (Å²) in [4.78, 5) is -0.889. The lowest BCUT2D eigenvalue weighted by atomic mass is 10.2. The van der Waals surface area contributed by atoms with Gasteiger partial charge in [-0.25, -0.2) is 8.78 Å². The minimum atomic E-state index is -4.59. The standard InChI is InChI=1S/C13H19F2O5PS/c1-5-21(16,20-9(2)3)8-19-22(17,18)13-10(4)11(14)6-7-12(13)15/h6-7,9H,5,8H2,1-4H3. The van der Waals surface area contributed by atoms with Crippen molar-refractivity contribution in [3.63, 3.8) is 0 Å². The number of benzene rings is 1. The Morgan fingerprint density at radius 2 is 1.77 bits per heavy atom. The van der Waals surface area contributed by atoms with Gasteiger partial charge in [0.15, 0.2) is 0 Å². The normalized spacial score (nSPS) is 15.0. The Morgan fingerprint density at radius 1 is 1.23 bits per heavy atom. The molecule has 0 aliphatic heterocycles. The van der Waals surface area contributed by atoms with Gasteiger partial charge in [0.1, 0.15) is 22.9 Å². The van der Waals surface area contributed by atoms with Gasteiger partial charge in [0.2, 0.25) is 7.37 Å². The van der Waals surface area contributed by atoms with Gasteiger partial charge in [0.25, 0.3) is 0 Å². The van der Waals surface area contributed by atoms with Crippen LogP contribution in [0.25, 0.3) is 0 Å². The molecule has 5 nitrogen and oxygen atoms in total. The summed E-state index contributed by atoms with van der Waals surface area (Å²) in [6, 6.07) is 1.52. The molecule has 0 fully saturated rings. The van der Waals surface area contributed by atoms with Crippen molar-refractivity contribution in [3.8, 4) is 0 Å². The first-order valence-electron chi connectivity index (χ1n) is 6.63. The average Bonchev–Trinajstić information content (AvgIpc) is 2.40. The summed E-state index contributed by atoms with van der Waals surface area (Å²) in [6.07, 6.45) is -1.05. The van der Waals surface area contributed by atoms with Gasteiger partial charge in [-0.3, -0.25) is 8.75 Å². The first kappa shape index (κ1) is 19.2. The van der Waals surface area contributed by atoms with E-state index < -0.39 is 45.9 Å². The number of rotatable bonds is 7. The molecule has 1 aromatic carbocycles. The fraction of sp³-hybridized carbons (Fsp3) is 0.538. The average molecular weight is 356 g/mol. The fourth-order valence-electron chi connectivity index (χ4n) is 1.73. The van der Waals surface area contributed by atoms with Crippen LogP contribution in [0.15, 0.2) is 17.0 Å². The van der Waals surface area contributed by atoms with Gasteiger partial charge in [0.05, 0.1) is 6.10 Å². The van der Waals surface area contributed by atoms with Crippen LogP contribution in [0.2, 0.25) is 0 Å². The van der Waals surface area contributed by atoms with Gasteiger partial charge in [0, 0.05) is 11.7 Å². The second-order valence-corrected chi connectivity index (χ2v) is 9.25. The van der Waals surface area contributed by atoms with Crippen molar-refractivity contribution in [2.24, 2.45) is 0 Å². The van der Waals surface area contributed by atoms with E-state index in [1.165, 1.54) is 0 Å². The molecular formula is C13H19F2O5PS. The Morgan fingerprint density at radius 3 is 2.27 bits per heavy atom. The minimum Gasteiger partial charge on any atom is -0.324 e. The van der Waals surface area contributed by atoms with Crippen LogP contribution in [0.1, 0.15) is 26.3 Å². The molecule has 0 spiro atoms. The molecule has 0 saturated carbocycles. The van der Waals surface area contributed by atoms with Crippen molar-refractivity contribution in [2.75, 3.05) is 12.5 Å². The summed E-state index contributed by atoms with van der Waals surface area (Å²) >= 11 is 0. The number of hydrogen-bond donors (Lipinski definition) is 0. The lowest BCUT2D eigenvalue weighted by molar-refractivity contribution is 0.227. The Kier molecular flexibility index (Phi) is 6.27. The lowest BCUT2D eigenvalue weighted by Crippen LogP contribution is -2.15. The van der Waals surface area contributed by atoms with Crippen LogP contribution in [0.3, 0.4) is 0 Å². The second-order valence-electron chi connectivity index (χ2n) is 4.97. The molecule has 0 bridgehead atoms. The molecule has 0 amide bonds. The molecule has 0 aliphatic rings. The molecule has 9 heteroatoms. The highest BCUT2D eigenvalue weighted by Gasteiger charge is 2.30. The summed E-state index contributed by atoms with van der Waals surface area (Å²) in [5.41, 5.74) is -0.392. The van der Waals surface area contributed by atoms with E-state index in [1.807, 2.05) is 0 Å². The third-order valence-corrected chi connectivity index (χ3v) is 6.73. The molecule has 1 unspecified atom stereocenters. The van der Waals surface area contributed by atoms with E-state index in [-0.39, 0.29) is 12.3 Å². The van der Waals surface area contributed by atoms with Crippen LogP contribution >= 0.6 is 7.37 Å². The Bertz CT molecular complexity index is 688. The van der Waals surface area contributed by atoms with E-state index in [9.17, 15) is 21.8 Å². The Labute approximate surface area is 129 Å². The summed E-state index contributed by atoms with van der Waals surface area (Å²) in [5.74, 6) is -2.00. The molecular weight excluding hydrogens is 337 g/mol. The summed E-state index contributed by atoms with van der Waals surface area (Å²) < 4.78 is 73.5. The molecule has 0 N–H and O–H groups in total. The first-order valence-corrected chi connectivity index (χ1v) is 10.0. The summed E-state index contributed by atoms with van der Waals surface area (Å²) in [5, 5.41) is 0. The first-order chi connectivity index (χ1) is 10.0. The molecule has 0 saturated heterocycles. The van der Waals surface area contributed by atoms with Crippen molar-refractivity contribution in [2.45, 2.75) is 38.7 Å². The highest BCUT2D eigenvalue weighted by atomic mass is 32.2. The Hall–Kier alpha value is -0.820. The topological polar surface area (TPSA) is 69.7 Å². The van der Waals surface area contributed by atoms with Crippen LogP contribution in [-0.4, -0.2) is 27.0 Å². The molecule has 126 valence electrons. The maximum absolute atomic E-state index is 13.7. The van der Waals surface area contributed by atoms with Gasteiger partial charge in [-0.15, -0.1) is 0 Å². The molecule has 0 aromatic heterocycles. The molecule has 0 heterocycles. The van der Waals surface area contributed by atoms with Gasteiger partial charge in [-0.05, 0) is 32.9 Å². The van der Waals surface area contributed by atoms with E-state index in [1.54, 1.807) is 20.8 Å². The van der Waals surface area contributed by atoms with Gasteiger partial charge >= 0.3 is 10.1 Å². The maximum Gasteiger partial charge on any atom is 0.300 e. The van der Waals surface area contributed by atoms with Crippen LogP contribution in [0, 0.1) is 18.6 Å². The van der Waals surface area contributed by atoms with E-state index in [0.29, 0.717) is 6.07 Å². The van der Waals surface area contributed by atoms with Gasteiger partial charge in [-0.2, -0.15) is 8.42 Å². The van der Waals surface area contributed by atoms with Crippen LogP contribution < -0.4 is 0 Å². The minimum absolute atomic E-state index is 0.0608. The van der Waals surface area contributed by atoms with E-state index in [2.05, 4.69) is 4.18 Å². The van der Waals surface area contributed by atoms with Crippen LogP contribution in [-0.2, 0) is 23.4 Å². The van der Waals surface area contributed by atoms with Gasteiger partial charge < -0.3 is 4.52 Å². The third kappa shape index (κ3) is 4.59. The summed E-state index contributed by atoms with van der Waals surface area (Å²) in [6.45, 7) is 5.98. The Balaban J connectivity index is 3.08. The predicted octanol–water partition coefficient (Wildman–Crippen LogP) is 3.66. The molecule has 1 atom stereocenters. The molecule has 1 aromatic rings. The van der Waals surface area contributed by atoms with Crippen molar-refractivity contribution < 1.29 is 30.5 Å². The maximum atomic E-state index is 13.7. The molecule has 0 aliphatic carbocycles. The largest absolute Gasteiger partial charge is 0.324 e. The summed E-state index contributed by atoms with van der Waals surface area (Å²) in [7, 11) is -7.92. The van der Waals surface area contributed by atoms with Crippen molar-refractivity contribution in [3.05, 3.63) is 29.3 Å². The van der Waals surface area contributed by atoms with E-state index in [0.717, 1.165) is 13.0 Å². The zero-order valence-corrected chi connectivity index (χ0v) is 14.5. The zero-order valence-electron chi connectivity index (χ0n) is 12.8. The van der Waals surface area contributed by atoms with Gasteiger partial charge in [-0.1, -0.05) is 6.92 Å². The third-order valence-electron chi connectivity index (χ3n) is 2.83. The highest BCUT2D eigenvalue weighted by molar-refractivity contribution is 7.87. The fourth-order valence-corrected chi connectivity index (χ4v) is 4.99. The van der Waals surface area contributed by atoms with Crippen molar-refractivity contribution in [1.29, 1.82) is 0 Å². The number of halogens is 2. The quantitative estimate of drug-likeness (QED) is 0.551. The van der Waals surface area contributed by atoms with E-state index in [4.69, 9.17) is 4.52 Å². The molecule has 0 radical (unpaired) electrons. The monoisotopic (exact) mass is 356 g/mol. The molecule has 1 rings (SSSR count). The number of hydrogen-bond acceptors (Lipinski definition) is 5. The van der Waals surface area contributed by atoms with Crippen molar-refractivity contribution >= 4 is 17.5 Å². The SMILES string of the molecule is CCP(=O)(COS(=O)(=O)c1c(F)ccc(F)c1C)OC(C)C. The van der Waals surface area contributed by atoms with E-state index >= 15 is 0 Å². The van der Waals surface area contributed by atoms with Crippen LogP contribution in [0.5, 0.6) is 0 Å².